The van der Waals surface area contributed by atoms with Gasteiger partial charge in [0.15, 0.2) is 11.9 Å². The van der Waals surface area contributed by atoms with Crippen molar-refractivity contribution in [1.82, 2.24) is 0 Å². The molecule has 0 unspecified atom stereocenters. The summed E-state index contributed by atoms with van der Waals surface area (Å²) in [4.78, 5) is 22.8. The second-order valence-corrected chi connectivity index (χ2v) is 3.55. The summed E-state index contributed by atoms with van der Waals surface area (Å²) in [5.74, 6) is -0.0000406. The van der Waals surface area contributed by atoms with Crippen molar-refractivity contribution in [3.8, 4) is 0 Å². The number of ether oxygens (including phenoxy) is 1. The average molecular weight is 215 g/mol. The third-order valence-electron chi connectivity index (χ3n) is 2.24. The van der Waals surface area contributed by atoms with Crippen molar-refractivity contribution in [2.24, 2.45) is 0 Å². The molecule has 0 fully saturated rings. The van der Waals surface area contributed by atoms with Crippen LogP contribution in [0.5, 0.6) is 0 Å². The molecule has 16 heavy (non-hydrogen) atoms. The van der Waals surface area contributed by atoms with Crippen molar-refractivity contribution in [3.05, 3.63) is 54.0 Å². The number of carbonyl (C=O) groups is 2. The first kappa shape index (κ1) is 10.6. The van der Waals surface area contributed by atoms with E-state index in [4.69, 9.17) is 4.74 Å². The van der Waals surface area contributed by atoms with Crippen LogP contribution in [0.15, 0.2) is 42.5 Å². The van der Waals surface area contributed by atoms with Crippen molar-refractivity contribution >= 4 is 11.8 Å². The Bertz CT molecular complexity index is 428. The van der Waals surface area contributed by atoms with Gasteiger partial charge in [-0.15, -0.1) is 0 Å². The van der Waals surface area contributed by atoms with E-state index < -0.39 is 12.1 Å². The molecule has 1 aliphatic rings. The Hall–Kier alpha value is -1.90. The number of allylic oxidation sites excluding steroid dienone is 2. The molecule has 3 nitrogen and oxygen atoms in total. The normalized spacial score (nSPS) is 15.6. The highest BCUT2D eigenvalue weighted by atomic mass is 16.5. The molecule has 1 aliphatic carbocycles. The van der Waals surface area contributed by atoms with Gasteiger partial charge in [0.25, 0.3) is 0 Å². The van der Waals surface area contributed by atoms with Crippen molar-refractivity contribution in [2.75, 3.05) is 0 Å². The summed E-state index contributed by atoms with van der Waals surface area (Å²) >= 11 is 0. The van der Waals surface area contributed by atoms with Gasteiger partial charge in [-0.25, -0.2) is 0 Å². The van der Waals surface area contributed by atoms with Gasteiger partial charge in [-0.05, 0) is 0 Å². The van der Waals surface area contributed by atoms with E-state index >= 15 is 0 Å². The van der Waals surface area contributed by atoms with Crippen molar-refractivity contribution in [3.63, 3.8) is 0 Å². The summed E-state index contributed by atoms with van der Waals surface area (Å²) < 4.78 is 5.05. The zero-order valence-electron chi connectivity index (χ0n) is 8.84. The lowest BCUT2D eigenvalue weighted by atomic mass is 10.0. The number of rotatable bonds is 4. The Kier molecular flexibility index (Phi) is 2.86. The number of carbonyl (C=O) groups excluding carboxylic acids is 2. The molecule has 0 heterocycles. The fraction of sp³-hybridized carbons (Fsp3) is 0.154. The van der Waals surface area contributed by atoms with Gasteiger partial charge in [0, 0.05) is 12.5 Å². The van der Waals surface area contributed by atoms with Gasteiger partial charge in [-0.1, -0.05) is 42.5 Å². The average Bonchev–Trinajstić information content (AvgIpc) is 3.10. The summed E-state index contributed by atoms with van der Waals surface area (Å²) in [7, 11) is 0. The Balaban J connectivity index is 2.20. The quantitative estimate of drug-likeness (QED) is 0.721. The van der Waals surface area contributed by atoms with E-state index in [9.17, 15) is 9.59 Å². The third kappa shape index (κ3) is 2.37. The lowest BCUT2D eigenvalue weighted by Crippen LogP contribution is -2.19. The Morgan fingerprint density at radius 2 is 1.75 bits per heavy atom. The van der Waals surface area contributed by atoms with E-state index in [1.165, 1.54) is 6.92 Å². The topological polar surface area (TPSA) is 43.4 Å². The van der Waals surface area contributed by atoms with Crippen molar-refractivity contribution in [1.29, 1.82) is 0 Å². The van der Waals surface area contributed by atoms with E-state index in [2.05, 4.69) is 0 Å². The largest absolute Gasteiger partial charge is 0.450 e. The van der Waals surface area contributed by atoms with Crippen LogP contribution in [0.25, 0.3) is 0 Å². The molecule has 0 spiro atoms. The summed E-state index contributed by atoms with van der Waals surface area (Å²) in [6.07, 6.45) is 2.60. The molecule has 0 amide bonds. The summed E-state index contributed by atoms with van der Waals surface area (Å²) in [6, 6.07) is 9.01. The van der Waals surface area contributed by atoms with E-state index in [-0.39, 0.29) is 5.78 Å². The maximum absolute atomic E-state index is 11.9. The molecule has 0 aliphatic heterocycles. The lowest BCUT2D eigenvalue weighted by Gasteiger charge is -2.15. The summed E-state index contributed by atoms with van der Waals surface area (Å²) in [5, 5.41) is 0. The number of hydrogen-bond donors (Lipinski definition) is 0. The standard InChI is InChI=1S/C13H11O3/c1-9(14)16-13(12(15)10-7-8-10)11-5-3-2-4-6-11/h2-8,13H,1H3/t13-/m0/s1. The fourth-order valence-electron chi connectivity index (χ4n) is 1.42. The van der Waals surface area contributed by atoms with Crippen LogP contribution in [0.2, 0.25) is 0 Å². The molecule has 0 aromatic heterocycles. The minimum absolute atomic E-state index is 0.165. The monoisotopic (exact) mass is 215 g/mol. The molecule has 1 aromatic carbocycles. The third-order valence-corrected chi connectivity index (χ3v) is 2.24. The van der Waals surface area contributed by atoms with Crippen LogP contribution < -0.4 is 0 Å². The highest BCUT2D eigenvalue weighted by molar-refractivity contribution is 6.05. The number of benzene rings is 1. The second-order valence-electron chi connectivity index (χ2n) is 3.55. The number of ketones is 1. The van der Waals surface area contributed by atoms with E-state index in [1.54, 1.807) is 24.3 Å². The van der Waals surface area contributed by atoms with E-state index in [1.807, 2.05) is 18.2 Å². The van der Waals surface area contributed by atoms with Gasteiger partial charge in [0.2, 0.25) is 0 Å². The molecule has 1 radical (unpaired) electrons. The van der Waals surface area contributed by atoms with Gasteiger partial charge in [-0.2, -0.15) is 0 Å². The predicted octanol–water partition coefficient (Wildman–Crippen LogP) is 2.00. The van der Waals surface area contributed by atoms with Crippen LogP contribution in [0.4, 0.5) is 0 Å². The highest BCUT2D eigenvalue weighted by Gasteiger charge is 2.32. The second kappa shape index (κ2) is 4.31. The van der Waals surface area contributed by atoms with Gasteiger partial charge in [0.05, 0.1) is 5.92 Å². The van der Waals surface area contributed by atoms with Gasteiger partial charge in [0.1, 0.15) is 0 Å². The molecule has 0 bridgehead atoms. The molecule has 1 aromatic rings. The molecule has 2 rings (SSSR count). The van der Waals surface area contributed by atoms with Gasteiger partial charge < -0.3 is 4.74 Å². The van der Waals surface area contributed by atoms with E-state index in [0.29, 0.717) is 11.5 Å². The van der Waals surface area contributed by atoms with Crippen molar-refractivity contribution < 1.29 is 14.3 Å². The molecule has 0 saturated carbocycles. The van der Waals surface area contributed by atoms with Crippen LogP contribution >= 0.6 is 0 Å². The predicted molar refractivity (Wildman–Crippen MR) is 58.3 cm³/mol. The molecule has 81 valence electrons. The highest BCUT2D eigenvalue weighted by Crippen LogP contribution is 2.30. The SMILES string of the molecule is CC(=O)O[C@H](C(=O)[C]1C=C1)c1ccccc1. The first-order valence-corrected chi connectivity index (χ1v) is 5.00. The van der Waals surface area contributed by atoms with Crippen LogP contribution in [0, 0.1) is 5.92 Å². The first-order chi connectivity index (χ1) is 7.68. The Morgan fingerprint density at radius 3 is 2.25 bits per heavy atom. The number of Topliss-reactive ketones (excluding diaryl/α,β-unsaturated/α-hetero) is 1. The molecule has 0 saturated heterocycles. The smallest absolute Gasteiger partial charge is 0.303 e. The summed E-state index contributed by atoms with van der Waals surface area (Å²) in [6.45, 7) is 1.30. The molecular weight excluding hydrogens is 204 g/mol. The maximum Gasteiger partial charge on any atom is 0.303 e. The lowest BCUT2D eigenvalue weighted by molar-refractivity contribution is -0.152. The minimum Gasteiger partial charge on any atom is -0.450 e. The first-order valence-electron chi connectivity index (χ1n) is 5.00. The van der Waals surface area contributed by atoms with Crippen LogP contribution in [0.3, 0.4) is 0 Å². The summed E-state index contributed by atoms with van der Waals surface area (Å²) in [5.41, 5.74) is 0.698. The fourth-order valence-corrected chi connectivity index (χ4v) is 1.42. The van der Waals surface area contributed by atoms with Crippen LogP contribution in [-0.2, 0) is 14.3 Å². The molecule has 1 atom stereocenters. The zero-order valence-corrected chi connectivity index (χ0v) is 8.84. The Morgan fingerprint density at radius 1 is 1.12 bits per heavy atom. The number of hydrogen-bond acceptors (Lipinski definition) is 3. The Labute approximate surface area is 93.7 Å². The van der Waals surface area contributed by atoms with E-state index in [0.717, 1.165) is 0 Å². The number of esters is 1. The van der Waals surface area contributed by atoms with Gasteiger partial charge >= 0.3 is 5.97 Å². The molecule has 0 N–H and O–H groups in total. The van der Waals surface area contributed by atoms with Crippen LogP contribution in [-0.4, -0.2) is 11.8 Å². The van der Waals surface area contributed by atoms with Crippen LogP contribution in [0.1, 0.15) is 18.6 Å². The van der Waals surface area contributed by atoms with Gasteiger partial charge in [-0.3, -0.25) is 9.59 Å². The maximum atomic E-state index is 11.9. The molecular formula is C13H11O3. The molecule has 3 heteroatoms. The minimum atomic E-state index is -0.816. The van der Waals surface area contributed by atoms with Crippen molar-refractivity contribution in [2.45, 2.75) is 13.0 Å². The zero-order chi connectivity index (χ0) is 11.5.